The van der Waals surface area contributed by atoms with Gasteiger partial charge in [0.05, 0.1) is 0 Å². The van der Waals surface area contributed by atoms with Gasteiger partial charge in [-0.05, 0) is 50.4 Å². The van der Waals surface area contributed by atoms with E-state index in [9.17, 15) is 9.18 Å². The molecular weight excluding hydrogens is 359 g/mol. The summed E-state index contributed by atoms with van der Waals surface area (Å²) in [4.78, 5) is 12.0. The van der Waals surface area contributed by atoms with Gasteiger partial charge in [0.2, 0.25) is 0 Å². The molecule has 0 spiro atoms. The molecule has 5 aromatic carbocycles. The van der Waals surface area contributed by atoms with Crippen LogP contribution in [0.3, 0.4) is 0 Å². The summed E-state index contributed by atoms with van der Waals surface area (Å²) in [6.07, 6.45) is 0.915. The van der Waals surface area contributed by atoms with E-state index >= 15 is 0 Å². The van der Waals surface area contributed by atoms with Crippen molar-refractivity contribution in [1.29, 1.82) is 0 Å². The van der Waals surface area contributed by atoms with Gasteiger partial charge in [0.25, 0.3) is 0 Å². The van der Waals surface area contributed by atoms with Crippen LogP contribution in [0.15, 0.2) is 97.1 Å². The summed E-state index contributed by atoms with van der Waals surface area (Å²) in [5.41, 5.74) is 4.44. The molecule has 29 heavy (non-hydrogen) atoms. The maximum absolute atomic E-state index is 13.6. The van der Waals surface area contributed by atoms with Crippen LogP contribution in [0.25, 0.3) is 43.8 Å². The van der Waals surface area contributed by atoms with E-state index in [1.807, 2.05) is 42.5 Å². The van der Waals surface area contributed by atoms with Gasteiger partial charge in [0.15, 0.2) is 6.29 Å². The van der Waals surface area contributed by atoms with Crippen molar-refractivity contribution in [1.82, 2.24) is 0 Å². The van der Waals surface area contributed by atoms with E-state index in [1.165, 1.54) is 12.1 Å². The van der Waals surface area contributed by atoms with Crippen LogP contribution in [-0.4, -0.2) is 6.29 Å². The molecule has 0 atom stereocenters. The van der Waals surface area contributed by atoms with Crippen molar-refractivity contribution in [2.45, 2.75) is 0 Å². The number of rotatable bonds is 3. The van der Waals surface area contributed by atoms with Gasteiger partial charge < -0.3 is 0 Å². The molecule has 0 fully saturated rings. The van der Waals surface area contributed by atoms with E-state index < -0.39 is 0 Å². The van der Waals surface area contributed by atoms with Crippen LogP contribution < -0.4 is 0 Å². The number of benzene rings is 5. The molecule has 0 radical (unpaired) electrons. The average molecular weight is 376 g/mol. The lowest BCUT2D eigenvalue weighted by Gasteiger charge is -2.18. The lowest BCUT2D eigenvalue weighted by molar-refractivity contribution is 0.112. The SMILES string of the molecule is O=Cc1ccc2ccccc2c1-c1c(-c2ccc(F)cc2)ccc2ccccc12. The highest BCUT2D eigenvalue weighted by Crippen LogP contribution is 2.42. The highest BCUT2D eigenvalue weighted by Gasteiger charge is 2.17. The average Bonchev–Trinajstić information content (AvgIpc) is 2.78. The van der Waals surface area contributed by atoms with Crippen molar-refractivity contribution < 1.29 is 9.18 Å². The molecule has 1 nitrogen and oxygen atoms in total. The van der Waals surface area contributed by atoms with Crippen molar-refractivity contribution in [3.63, 3.8) is 0 Å². The third-order valence-electron chi connectivity index (χ3n) is 5.42. The zero-order valence-corrected chi connectivity index (χ0v) is 15.6. The largest absolute Gasteiger partial charge is 0.298 e. The second-order valence-corrected chi connectivity index (χ2v) is 7.08. The van der Waals surface area contributed by atoms with Crippen LogP contribution in [0, 0.1) is 5.82 Å². The number of aldehydes is 1. The molecule has 0 aliphatic heterocycles. The zero-order chi connectivity index (χ0) is 19.8. The summed E-state index contributed by atoms with van der Waals surface area (Å²) in [6, 6.07) is 30.7. The standard InChI is InChI=1S/C27H17FO/c28-22-14-11-20(12-15-22)25-16-13-19-6-2-4-8-24(19)27(25)26-21(17-29)10-9-18-5-1-3-7-23(18)26/h1-17H. The molecule has 0 saturated heterocycles. The molecule has 0 aromatic heterocycles. The van der Waals surface area contributed by atoms with Gasteiger partial charge in [-0.2, -0.15) is 0 Å². The molecule has 0 aliphatic carbocycles. The Labute approximate surface area is 168 Å². The van der Waals surface area contributed by atoms with Crippen LogP contribution in [0.5, 0.6) is 0 Å². The molecule has 0 aliphatic rings. The third kappa shape index (κ3) is 2.90. The van der Waals surface area contributed by atoms with Gasteiger partial charge in [-0.25, -0.2) is 4.39 Å². The smallest absolute Gasteiger partial charge is 0.150 e. The molecule has 0 heterocycles. The molecule has 0 saturated carbocycles. The van der Waals surface area contributed by atoms with Gasteiger partial charge in [0, 0.05) is 11.1 Å². The van der Waals surface area contributed by atoms with E-state index in [-0.39, 0.29) is 5.82 Å². The van der Waals surface area contributed by atoms with E-state index in [0.717, 1.165) is 50.1 Å². The first-order valence-corrected chi connectivity index (χ1v) is 9.51. The van der Waals surface area contributed by atoms with Crippen molar-refractivity contribution in [3.05, 3.63) is 108 Å². The van der Waals surface area contributed by atoms with Gasteiger partial charge in [-0.15, -0.1) is 0 Å². The van der Waals surface area contributed by atoms with Crippen molar-refractivity contribution >= 4 is 27.8 Å². The zero-order valence-electron chi connectivity index (χ0n) is 15.6. The first kappa shape index (κ1) is 17.3. The van der Waals surface area contributed by atoms with Crippen LogP contribution in [0.1, 0.15) is 10.4 Å². The highest BCUT2D eigenvalue weighted by atomic mass is 19.1. The molecule has 5 rings (SSSR count). The molecule has 0 bridgehead atoms. The molecule has 0 N–H and O–H groups in total. The van der Waals surface area contributed by atoms with Crippen molar-refractivity contribution in [2.75, 3.05) is 0 Å². The Morgan fingerprint density at radius 1 is 0.586 bits per heavy atom. The van der Waals surface area contributed by atoms with E-state index in [2.05, 4.69) is 30.3 Å². The molecule has 138 valence electrons. The number of carbonyl (C=O) groups excluding carboxylic acids is 1. The van der Waals surface area contributed by atoms with Gasteiger partial charge in [0.1, 0.15) is 5.82 Å². The summed E-state index contributed by atoms with van der Waals surface area (Å²) >= 11 is 0. The monoisotopic (exact) mass is 376 g/mol. The van der Waals surface area contributed by atoms with Crippen LogP contribution >= 0.6 is 0 Å². The molecular formula is C27H17FO. The fourth-order valence-corrected chi connectivity index (χ4v) is 4.08. The summed E-state index contributed by atoms with van der Waals surface area (Å²) in [6.45, 7) is 0. The topological polar surface area (TPSA) is 17.1 Å². The van der Waals surface area contributed by atoms with E-state index in [4.69, 9.17) is 0 Å². The second kappa shape index (κ2) is 6.99. The molecule has 0 amide bonds. The minimum absolute atomic E-state index is 0.269. The fourth-order valence-electron chi connectivity index (χ4n) is 4.08. The summed E-state index contributed by atoms with van der Waals surface area (Å²) in [5, 5.41) is 4.26. The van der Waals surface area contributed by atoms with Gasteiger partial charge >= 0.3 is 0 Å². The lowest BCUT2D eigenvalue weighted by atomic mass is 9.85. The maximum atomic E-state index is 13.6. The number of fused-ring (bicyclic) bond motifs is 2. The quantitative estimate of drug-likeness (QED) is 0.302. The summed E-state index contributed by atoms with van der Waals surface area (Å²) in [5.74, 6) is -0.269. The third-order valence-corrected chi connectivity index (χ3v) is 5.42. The second-order valence-electron chi connectivity index (χ2n) is 7.08. The summed E-state index contributed by atoms with van der Waals surface area (Å²) < 4.78 is 13.6. The summed E-state index contributed by atoms with van der Waals surface area (Å²) in [7, 11) is 0. The first-order chi connectivity index (χ1) is 14.3. The Hall–Kier alpha value is -3.78. The normalized spacial score (nSPS) is 11.1. The number of carbonyl (C=O) groups is 1. The van der Waals surface area contributed by atoms with Crippen LogP contribution in [-0.2, 0) is 0 Å². The minimum atomic E-state index is -0.269. The molecule has 2 heteroatoms. The molecule has 5 aromatic rings. The fraction of sp³-hybridized carbons (Fsp3) is 0. The van der Waals surface area contributed by atoms with E-state index in [1.54, 1.807) is 12.1 Å². The lowest BCUT2D eigenvalue weighted by Crippen LogP contribution is -1.94. The Bertz CT molecular complexity index is 1370. The number of hydrogen-bond acceptors (Lipinski definition) is 1. The number of hydrogen-bond donors (Lipinski definition) is 0. The molecule has 0 unspecified atom stereocenters. The predicted octanol–water partition coefficient (Wildman–Crippen LogP) is 7.28. The van der Waals surface area contributed by atoms with E-state index in [0.29, 0.717) is 5.56 Å². The minimum Gasteiger partial charge on any atom is -0.298 e. The maximum Gasteiger partial charge on any atom is 0.150 e. The van der Waals surface area contributed by atoms with Gasteiger partial charge in [-0.3, -0.25) is 4.79 Å². The van der Waals surface area contributed by atoms with Crippen LogP contribution in [0.2, 0.25) is 0 Å². The number of halogens is 1. The predicted molar refractivity (Wildman–Crippen MR) is 118 cm³/mol. The first-order valence-electron chi connectivity index (χ1n) is 9.51. The van der Waals surface area contributed by atoms with Crippen molar-refractivity contribution in [2.24, 2.45) is 0 Å². The Kier molecular flexibility index (Phi) is 4.18. The highest BCUT2D eigenvalue weighted by molar-refractivity contribution is 6.14. The Morgan fingerprint density at radius 3 is 1.83 bits per heavy atom. The van der Waals surface area contributed by atoms with Crippen LogP contribution in [0.4, 0.5) is 4.39 Å². The Morgan fingerprint density at radius 2 is 1.17 bits per heavy atom. The van der Waals surface area contributed by atoms with Crippen molar-refractivity contribution in [3.8, 4) is 22.3 Å². The Balaban J connectivity index is 1.97. The van der Waals surface area contributed by atoms with Gasteiger partial charge in [-0.1, -0.05) is 84.9 Å².